The average Bonchev–Trinajstić information content (AvgIpc) is 2.99. The lowest BCUT2D eigenvalue weighted by Gasteiger charge is -2.34. The van der Waals surface area contributed by atoms with E-state index >= 15 is 0 Å². The van der Waals surface area contributed by atoms with Crippen LogP contribution in [-0.2, 0) is 4.79 Å². The Labute approximate surface area is 139 Å². The van der Waals surface area contributed by atoms with E-state index < -0.39 is 0 Å². The summed E-state index contributed by atoms with van der Waals surface area (Å²) in [7, 11) is 0. The fraction of sp³-hybridized carbons (Fsp3) is 0.562. The topological polar surface area (TPSA) is 54.9 Å². The fourth-order valence-corrected chi connectivity index (χ4v) is 4.79. The summed E-state index contributed by atoms with van der Waals surface area (Å²) in [5.41, 5.74) is 0.956. The zero-order chi connectivity index (χ0) is 15.5. The molecule has 2 heterocycles. The molecule has 0 spiro atoms. The van der Waals surface area contributed by atoms with Crippen LogP contribution in [0.2, 0.25) is 0 Å². The predicted molar refractivity (Wildman–Crippen MR) is 92.2 cm³/mol. The lowest BCUT2D eigenvalue weighted by atomic mass is 9.78. The van der Waals surface area contributed by atoms with Gasteiger partial charge in [-0.05, 0) is 29.7 Å². The maximum absolute atomic E-state index is 12.2. The third-order valence-electron chi connectivity index (χ3n) is 4.60. The Morgan fingerprint density at radius 2 is 2.27 bits per heavy atom. The van der Waals surface area contributed by atoms with Gasteiger partial charge in [-0.3, -0.25) is 4.79 Å². The summed E-state index contributed by atoms with van der Waals surface area (Å²) in [6.45, 7) is 4.54. The maximum Gasteiger partial charge on any atom is 0.230 e. The monoisotopic (exact) mass is 335 g/mol. The minimum Gasteiger partial charge on any atom is -0.352 e. The summed E-state index contributed by atoms with van der Waals surface area (Å²) < 4.78 is 1.07. The Balaban J connectivity index is 1.57. The van der Waals surface area contributed by atoms with E-state index in [1.165, 1.54) is 24.6 Å². The summed E-state index contributed by atoms with van der Waals surface area (Å²) in [4.78, 5) is 20.8. The number of thiophene rings is 1. The molecule has 0 bridgehead atoms. The molecule has 0 radical (unpaired) electrons. The maximum atomic E-state index is 12.2. The molecule has 1 aliphatic carbocycles. The number of carbonyl (C=O) groups excluding carboxylic acids is 1. The molecule has 22 heavy (non-hydrogen) atoms. The second-order valence-electron chi connectivity index (χ2n) is 6.04. The molecular formula is C16H21N3OS2. The van der Waals surface area contributed by atoms with Gasteiger partial charge in [0.05, 0.1) is 16.0 Å². The van der Waals surface area contributed by atoms with Gasteiger partial charge < -0.3 is 5.32 Å². The number of carbonyl (C=O) groups is 1. The first kappa shape index (κ1) is 15.7. The summed E-state index contributed by atoms with van der Waals surface area (Å²) in [5, 5.41) is 6.12. The smallest absolute Gasteiger partial charge is 0.230 e. The van der Waals surface area contributed by atoms with Crippen molar-refractivity contribution in [2.45, 2.75) is 44.2 Å². The van der Waals surface area contributed by atoms with Crippen LogP contribution in [-0.4, -0.2) is 27.7 Å². The second-order valence-corrected chi connectivity index (χ2v) is 7.92. The van der Waals surface area contributed by atoms with Crippen LogP contribution in [0.25, 0.3) is 10.2 Å². The van der Waals surface area contributed by atoms with Crippen LogP contribution in [0.4, 0.5) is 0 Å². The number of hydrogen-bond acceptors (Lipinski definition) is 5. The van der Waals surface area contributed by atoms with E-state index in [4.69, 9.17) is 0 Å². The molecule has 1 fully saturated rings. The molecule has 0 saturated heterocycles. The third-order valence-corrected chi connectivity index (χ3v) is 6.63. The van der Waals surface area contributed by atoms with Gasteiger partial charge in [0.25, 0.3) is 0 Å². The summed E-state index contributed by atoms with van der Waals surface area (Å²) in [5.74, 6) is 1.78. The predicted octanol–water partition coefficient (Wildman–Crippen LogP) is 3.72. The minimum atomic E-state index is 0.110. The summed E-state index contributed by atoms with van der Waals surface area (Å²) in [6, 6.07) is 2.31. The first-order chi connectivity index (χ1) is 10.6. The van der Waals surface area contributed by atoms with Gasteiger partial charge in [0.1, 0.15) is 11.4 Å². The van der Waals surface area contributed by atoms with Crippen molar-refractivity contribution in [1.82, 2.24) is 15.3 Å². The van der Waals surface area contributed by atoms with Gasteiger partial charge in [-0.25, -0.2) is 9.97 Å². The molecule has 118 valence electrons. The Morgan fingerprint density at radius 3 is 3.14 bits per heavy atom. The molecule has 1 saturated carbocycles. The van der Waals surface area contributed by atoms with Gasteiger partial charge in [0, 0.05) is 6.04 Å². The van der Waals surface area contributed by atoms with Crippen LogP contribution in [0.1, 0.15) is 33.1 Å². The Kier molecular flexibility index (Phi) is 4.98. The first-order valence-corrected chi connectivity index (χ1v) is 9.62. The van der Waals surface area contributed by atoms with Gasteiger partial charge in [0.2, 0.25) is 5.91 Å². The molecule has 1 N–H and O–H groups in total. The van der Waals surface area contributed by atoms with Crippen LogP contribution in [0, 0.1) is 11.8 Å². The quantitative estimate of drug-likeness (QED) is 0.683. The SMILES string of the molecule is CC1CCCC(NC(=O)CSc2ncnc3ccsc23)C1C. The standard InChI is InChI=1S/C16H21N3OS2/c1-10-4-3-5-12(11(10)2)19-14(20)8-22-16-15-13(6-7-21-15)17-9-18-16/h6-7,9-12H,3-5,8H2,1-2H3,(H,19,20). The van der Waals surface area contributed by atoms with E-state index in [1.807, 2.05) is 11.4 Å². The third kappa shape index (κ3) is 3.43. The van der Waals surface area contributed by atoms with E-state index in [1.54, 1.807) is 17.7 Å². The largest absolute Gasteiger partial charge is 0.352 e. The van der Waals surface area contributed by atoms with Crippen molar-refractivity contribution < 1.29 is 4.79 Å². The van der Waals surface area contributed by atoms with Crippen molar-refractivity contribution >= 4 is 39.2 Å². The van der Waals surface area contributed by atoms with Crippen LogP contribution < -0.4 is 5.32 Å². The van der Waals surface area contributed by atoms with Gasteiger partial charge >= 0.3 is 0 Å². The van der Waals surface area contributed by atoms with E-state index in [-0.39, 0.29) is 5.91 Å². The van der Waals surface area contributed by atoms with E-state index in [2.05, 4.69) is 29.1 Å². The van der Waals surface area contributed by atoms with Gasteiger partial charge in [0.15, 0.2) is 0 Å². The van der Waals surface area contributed by atoms with Gasteiger partial charge in [-0.2, -0.15) is 0 Å². The number of fused-ring (bicyclic) bond motifs is 1. The molecule has 1 aliphatic rings. The lowest BCUT2D eigenvalue weighted by Crippen LogP contribution is -2.44. The summed E-state index contributed by atoms with van der Waals surface area (Å²) in [6.07, 6.45) is 5.16. The van der Waals surface area contributed by atoms with Crippen molar-refractivity contribution in [3.8, 4) is 0 Å². The lowest BCUT2D eigenvalue weighted by molar-refractivity contribution is -0.119. The van der Waals surface area contributed by atoms with Crippen LogP contribution in [0.5, 0.6) is 0 Å². The highest BCUT2D eigenvalue weighted by Gasteiger charge is 2.28. The molecule has 0 aromatic carbocycles. The normalized spacial score (nSPS) is 25.3. The van der Waals surface area contributed by atoms with Crippen LogP contribution in [0.15, 0.2) is 22.8 Å². The number of nitrogens with one attached hydrogen (secondary N) is 1. The molecule has 3 unspecified atom stereocenters. The molecule has 6 heteroatoms. The van der Waals surface area contributed by atoms with E-state index in [9.17, 15) is 4.79 Å². The Hall–Kier alpha value is -1.14. The Bertz CT molecular complexity index is 658. The van der Waals surface area contributed by atoms with Crippen molar-refractivity contribution in [2.75, 3.05) is 5.75 Å². The first-order valence-electron chi connectivity index (χ1n) is 7.75. The molecule has 3 rings (SSSR count). The highest BCUT2D eigenvalue weighted by atomic mass is 32.2. The number of nitrogens with zero attached hydrogens (tertiary/aromatic N) is 2. The molecule has 1 amide bonds. The van der Waals surface area contributed by atoms with Crippen molar-refractivity contribution in [2.24, 2.45) is 11.8 Å². The molecule has 2 aromatic heterocycles. The van der Waals surface area contributed by atoms with Crippen LogP contribution in [0.3, 0.4) is 0 Å². The molecule has 4 nitrogen and oxygen atoms in total. The van der Waals surface area contributed by atoms with Crippen molar-refractivity contribution in [1.29, 1.82) is 0 Å². The highest BCUT2D eigenvalue weighted by molar-refractivity contribution is 8.00. The number of amides is 1. The van der Waals surface area contributed by atoms with E-state index in [0.717, 1.165) is 21.7 Å². The van der Waals surface area contributed by atoms with Gasteiger partial charge in [-0.1, -0.05) is 38.5 Å². The number of aromatic nitrogens is 2. The molecule has 0 aliphatic heterocycles. The molecule has 2 aromatic rings. The molecule has 3 atom stereocenters. The van der Waals surface area contributed by atoms with Crippen molar-refractivity contribution in [3.05, 3.63) is 17.8 Å². The van der Waals surface area contributed by atoms with E-state index in [0.29, 0.717) is 23.6 Å². The van der Waals surface area contributed by atoms with Gasteiger partial charge in [-0.15, -0.1) is 11.3 Å². The van der Waals surface area contributed by atoms with Crippen molar-refractivity contribution in [3.63, 3.8) is 0 Å². The number of thioether (sulfide) groups is 1. The second kappa shape index (κ2) is 6.96. The zero-order valence-electron chi connectivity index (χ0n) is 12.9. The Morgan fingerprint density at radius 1 is 1.41 bits per heavy atom. The zero-order valence-corrected chi connectivity index (χ0v) is 14.5. The minimum absolute atomic E-state index is 0.110. The average molecular weight is 335 g/mol. The highest BCUT2D eigenvalue weighted by Crippen LogP contribution is 2.30. The molecular weight excluding hydrogens is 314 g/mol. The summed E-state index contributed by atoms with van der Waals surface area (Å²) >= 11 is 3.12. The number of rotatable bonds is 4. The number of hydrogen-bond donors (Lipinski definition) is 1. The fourth-order valence-electron chi connectivity index (χ4n) is 3.04. The van der Waals surface area contributed by atoms with Crippen LogP contribution >= 0.6 is 23.1 Å².